The molecule has 1 amide bonds. The van der Waals surface area contributed by atoms with Crippen molar-refractivity contribution in [2.45, 2.75) is 51.0 Å². The Morgan fingerprint density at radius 1 is 1.43 bits per heavy atom. The molecule has 1 saturated carbocycles. The lowest BCUT2D eigenvalue weighted by atomic mass is 9.97. The van der Waals surface area contributed by atoms with Crippen molar-refractivity contribution in [3.8, 4) is 0 Å². The fourth-order valence-corrected chi connectivity index (χ4v) is 3.11. The lowest BCUT2D eigenvalue weighted by molar-refractivity contribution is -0.122. The summed E-state index contributed by atoms with van der Waals surface area (Å²) in [6.07, 6.45) is 7.64. The zero-order valence-corrected chi connectivity index (χ0v) is 12.8. The number of nitrogens with zero attached hydrogens (tertiary/aromatic N) is 4. The Bertz CT molecular complexity index is 482. The Labute approximate surface area is 125 Å². The van der Waals surface area contributed by atoms with Gasteiger partial charge in [0.1, 0.15) is 12.2 Å². The first-order valence-electron chi connectivity index (χ1n) is 8.16. The van der Waals surface area contributed by atoms with Crippen molar-refractivity contribution in [1.29, 1.82) is 0 Å². The number of aromatic nitrogens is 3. The molecule has 6 nitrogen and oxygen atoms in total. The van der Waals surface area contributed by atoms with Crippen LogP contribution in [0.3, 0.4) is 0 Å². The molecular formula is C15H25N5O. The van der Waals surface area contributed by atoms with Crippen molar-refractivity contribution >= 4 is 5.91 Å². The number of piperidine rings is 1. The molecule has 0 spiro atoms. The van der Waals surface area contributed by atoms with E-state index in [-0.39, 0.29) is 5.91 Å². The van der Waals surface area contributed by atoms with Crippen LogP contribution in [0.2, 0.25) is 0 Å². The van der Waals surface area contributed by atoms with Gasteiger partial charge >= 0.3 is 0 Å². The summed E-state index contributed by atoms with van der Waals surface area (Å²) in [5.41, 5.74) is 0. The molecule has 1 N–H and O–H groups in total. The first kappa shape index (κ1) is 14.5. The summed E-state index contributed by atoms with van der Waals surface area (Å²) in [7, 11) is 0. The summed E-state index contributed by atoms with van der Waals surface area (Å²) in [5, 5.41) is 11.4. The van der Waals surface area contributed by atoms with Gasteiger partial charge in [0.15, 0.2) is 0 Å². The van der Waals surface area contributed by atoms with Crippen LogP contribution in [0.15, 0.2) is 6.33 Å². The van der Waals surface area contributed by atoms with E-state index in [1.165, 1.54) is 12.8 Å². The Hall–Kier alpha value is -1.43. The number of carbonyl (C=O) groups is 1. The summed E-state index contributed by atoms with van der Waals surface area (Å²) < 4.78 is 2.26. The van der Waals surface area contributed by atoms with Gasteiger partial charge < -0.3 is 9.88 Å². The van der Waals surface area contributed by atoms with Crippen LogP contribution in [-0.4, -0.2) is 51.8 Å². The molecule has 1 aromatic rings. The SMILES string of the molecule is CCCNC(=O)CN1CCC[C@@H](c2nncn2C2CC2)C1. The lowest BCUT2D eigenvalue weighted by Gasteiger charge is -2.31. The highest BCUT2D eigenvalue weighted by atomic mass is 16.2. The van der Waals surface area contributed by atoms with Gasteiger partial charge in [-0.25, -0.2) is 0 Å². The van der Waals surface area contributed by atoms with E-state index in [9.17, 15) is 4.79 Å². The van der Waals surface area contributed by atoms with Crippen LogP contribution in [0.25, 0.3) is 0 Å². The highest BCUT2D eigenvalue weighted by Gasteiger charge is 2.31. The molecule has 1 atom stereocenters. The molecule has 6 heteroatoms. The monoisotopic (exact) mass is 291 g/mol. The van der Waals surface area contributed by atoms with Crippen LogP contribution in [-0.2, 0) is 4.79 Å². The summed E-state index contributed by atoms with van der Waals surface area (Å²) in [5.74, 6) is 1.68. The number of rotatable bonds is 6. The number of hydrogen-bond acceptors (Lipinski definition) is 4. The summed E-state index contributed by atoms with van der Waals surface area (Å²) >= 11 is 0. The predicted octanol–water partition coefficient (Wildman–Crippen LogP) is 1.32. The largest absolute Gasteiger partial charge is 0.355 e. The molecule has 3 rings (SSSR count). The molecule has 0 unspecified atom stereocenters. The molecule has 2 aliphatic rings. The molecule has 1 aliphatic carbocycles. The third-order valence-electron chi connectivity index (χ3n) is 4.35. The normalized spacial score (nSPS) is 23.2. The van der Waals surface area contributed by atoms with Crippen molar-refractivity contribution in [3.63, 3.8) is 0 Å². The fourth-order valence-electron chi connectivity index (χ4n) is 3.11. The van der Waals surface area contributed by atoms with Crippen molar-refractivity contribution in [2.24, 2.45) is 0 Å². The van der Waals surface area contributed by atoms with Crippen LogP contribution < -0.4 is 5.32 Å². The number of amides is 1. The van der Waals surface area contributed by atoms with E-state index in [1.54, 1.807) is 0 Å². The molecule has 1 saturated heterocycles. The van der Waals surface area contributed by atoms with Crippen molar-refractivity contribution < 1.29 is 4.79 Å². The average Bonchev–Trinajstić information content (AvgIpc) is 3.22. The Morgan fingerprint density at radius 2 is 2.29 bits per heavy atom. The highest BCUT2D eigenvalue weighted by molar-refractivity contribution is 5.77. The van der Waals surface area contributed by atoms with Gasteiger partial charge in [0, 0.05) is 25.0 Å². The first-order chi connectivity index (χ1) is 10.3. The van der Waals surface area contributed by atoms with E-state index in [0.29, 0.717) is 18.5 Å². The van der Waals surface area contributed by atoms with Crippen LogP contribution >= 0.6 is 0 Å². The third-order valence-corrected chi connectivity index (χ3v) is 4.35. The first-order valence-corrected chi connectivity index (χ1v) is 8.16. The van der Waals surface area contributed by atoms with Gasteiger partial charge in [-0.3, -0.25) is 9.69 Å². The Kier molecular flexibility index (Phi) is 4.53. The van der Waals surface area contributed by atoms with Crippen molar-refractivity contribution in [3.05, 3.63) is 12.2 Å². The predicted molar refractivity (Wildman–Crippen MR) is 80.0 cm³/mol. The maximum absolute atomic E-state index is 11.9. The van der Waals surface area contributed by atoms with E-state index >= 15 is 0 Å². The number of likely N-dealkylation sites (tertiary alicyclic amines) is 1. The van der Waals surface area contributed by atoms with Gasteiger partial charge in [0.2, 0.25) is 5.91 Å². The van der Waals surface area contributed by atoms with Gasteiger partial charge in [-0.05, 0) is 38.6 Å². The molecule has 21 heavy (non-hydrogen) atoms. The second kappa shape index (κ2) is 6.56. The third kappa shape index (κ3) is 3.61. The minimum atomic E-state index is 0.140. The second-order valence-corrected chi connectivity index (χ2v) is 6.25. The van der Waals surface area contributed by atoms with Gasteiger partial charge in [-0.2, -0.15) is 0 Å². The van der Waals surface area contributed by atoms with E-state index in [4.69, 9.17) is 0 Å². The fraction of sp³-hybridized carbons (Fsp3) is 0.800. The zero-order valence-electron chi connectivity index (χ0n) is 12.8. The molecule has 116 valence electrons. The standard InChI is InChI=1S/C15H25N5O/c1-2-7-16-14(21)10-19-8-3-4-12(9-19)15-18-17-11-20(15)13-5-6-13/h11-13H,2-10H2,1H3,(H,16,21)/t12-/m1/s1. The molecule has 0 bridgehead atoms. The van der Waals surface area contributed by atoms with Crippen LogP contribution in [0.1, 0.15) is 56.8 Å². The summed E-state index contributed by atoms with van der Waals surface area (Å²) in [6.45, 7) is 5.28. The average molecular weight is 291 g/mol. The lowest BCUT2D eigenvalue weighted by Crippen LogP contribution is -2.42. The highest BCUT2D eigenvalue weighted by Crippen LogP contribution is 2.37. The minimum Gasteiger partial charge on any atom is -0.355 e. The van der Waals surface area contributed by atoms with Gasteiger partial charge in [-0.15, -0.1) is 10.2 Å². The van der Waals surface area contributed by atoms with Crippen LogP contribution in [0.5, 0.6) is 0 Å². The van der Waals surface area contributed by atoms with Crippen LogP contribution in [0, 0.1) is 0 Å². The van der Waals surface area contributed by atoms with E-state index < -0.39 is 0 Å². The molecule has 0 radical (unpaired) electrons. The molecular weight excluding hydrogens is 266 g/mol. The maximum atomic E-state index is 11.9. The molecule has 2 heterocycles. The van der Waals surface area contributed by atoms with Gasteiger partial charge in [0.25, 0.3) is 0 Å². The van der Waals surface area contributed by atoms with E-state index in [1.807, 2.05) is 6.33 Å². The minimum absolute atomic E-state index is 0.140. The smallest absolute Gasteiger partial charge is 0.234 e. The Morgan fingerprint density at radius 3 is 3.05 bits per heavy atom. The Balaban J connectivity index is 1.57. The molecule has 0 aromatic carbocycles. The molecule has 1 aliphatic heterocycles. The number of nitrogens with one attached hydrogen (secondary N) is 1. The van der Waals surface area contributed by atoms with Gasteiger partial charge in [0.05, 0.1) is 6.54 Å². The van der Waals surface area contributed by atoms with Gasteiger partial charge in [-0.1, -0.05) is 6.92 Å². The quantitative estimate of drug-likeness (QED) is 0.858. The maximum Gasteiger partial charge on any atom is 0.234 e. The van der Waals surface area contributed by atoms with E-state index in [0.717, 1.165) is 44.7 Å². The number of hydrogen-bond donors (Lipinski definition) is 1. The van der Waals surface area contributed by atoms with Crippen molar-refractivity contribution in [2.75, 3.05) is 26.2 Å². The second-order valence-electron chi connectivity index (χ2n) is 6.25. The summed E-state index contributed by atoms with van der Waals surface area (Å²) in [6, 6.07) is 0.623. The summed E-state index contributed by atoms with van der Waals surface area (Å²) in [4.78, 5) is 14.1. The zero-order chi connectivity index (χ0) is 14.7. The van der Waals surface area contributed by atoms with Crippen LogP contribution in [0.4, 0.5) is 0 Å². The molecule has 2 fully saturated rings. The molecule has 1 aromatic heterocycles. The number of carbonyl (C=O) groups excluding carboxylic acids is 1. The van der Waals surface area contributed by atoms with E-state index in [2.05, 4.69) is 31.9 Å². The topological polar surface area (TPSA) is 63.1 Å². The van der Waals surface area contributed by atoms with Crippen molar-refractivity contribution in [1.82, 2.24) is 25.0 Å².